The van der Waals surface area contributed by atoms with Crippen molar-refractivity contribution in [1.82, 2.24) is 15.0 Å². The lowest BCUT2D eigenvalue weighted by Crippen LogP contribution is -2.15. The minimum atomic E-state index is -4.48. The van der Waals surface area contributed by atoms with Crippen molar-refractivity contribution in [3.8, 4) is 11.4 Å². The summed E-state index contributed by atoms with van der Waals surface area (Å²) in [5, 5.41) is 14.2. The molecule has 144 valence electrons. The van der Waals surface area contributed by atoms with E-state index >= 15 is 0 Å². The van der Waals surface area contributed by atoms with E-state index in [4.69, 9.17) is 5.11 Å². The number of carboxylic acid groups (broad SMARTS) is 1. The van der Waals surface area contributed by atoms with E-state index in [0.717, 1.165) is 12.1 Å². The van der Waals surface area contributed by atoms with Crippen LogP contribution in [0.5, 0.6) is 0 Å². The zero-order valence-electron chi connectivity index (χ0n) is 14.2. The number of hydrogen-bond acceptors (Lipinski definition) is 6. The predicted molar refractivity (Wildman–Crippen MR) is 96.1 cm³/mol. The molecular formula is C18H14F3N5O2. The van der Waals surface area contributed by atoms with Crippen molar-refractivity contribution < 1.29 is 23.1 Å². The number of carboxylic acids is 1. The number of anilines is 3. The molecule has 0 amide bonds. The van der Waals surface area contributed by atoms with Crippen LogP contribution in [0.1, 0.15) is 5.56 Å². The van der Waals surface area contributed by atoms with Gasteiger partial charge in [-0.25, -0.2) is 4.98 Å². The van der Waals surface area contributed by atoms with E-state index in [1.54, 1.807) is 24.4 Å². The summed E-state index contributed by atoms with van der Waals surface area (Å²) >= 11 is 0. The average Bonchev–Trinajstić information content (AvgIpc) is 2.66. The van der Waals surface area contributed by atoms with Crippen LogP contribution in [0.3, 0.4) is 0 Å². The first-order chi connectivity index (χ1) is 13.3. The Morgan fingerprint density at radius 3 is 2.54 bits per heavy atom. The molecule has 3 rings (SSSR count). The Morgan fingerprint density at radius 2 is 1.86 bits per heavy atom. The molecule has 0 spiro atoms. The average molecular weight is 389 g/mol. The lowest BCUT2D eigenvalue weighted by molar-refractivity contribution is -0.137. The molecule has 3 N–H and O–H groups in total. The van der Waals surface area contributed by atoms with E-state index in [0.29, 0.717) is 11.4 Å². The van der Waals surface area contributed by atoms with Crippen molar-refractivity contribution >= 4 is 23.4 Å². The van der Waals surface area contributed by atoms with Gasteiger partial charge in [0, 0.05) is 18.0 Å². The first kappa shape index (κ1) is 19.1. The molecule has 1 aromatic carbocycles. The van der Waals surface area contributed by atoms with E-state index in [9.17, 15) is 18.0 Å². The Labute approximate surface area is 157 Å². The van der Waals surface area contributed by atoms with Gasteiger partial charge in [-0.1, -0.05) is 12.1 Å². The molecule has 3 aromatic rings. The topological polar surface area (TPSA) is 100 Å². The zero-order chi connectivity index (χ0) is 20.1. The fourth-order valence-corrected chi connectivity index (χ4v) is 2.31. The van der Waals surface area contributed by atoms with Crippen LogP contribution in [0.15, 0.2) is 54.7 Å². The van der Waals surface area contributed by atoms with Gasteiger partial charge < -0.3 is 15.7 Å². The summed E-state index contributed by atoms with van der Waals surface area (Å²) < 4.78 is 38.7. The van der Waals surface area contributed by atoms with E-state index in [-0.39, 0.29) is 17.5 Å². The van der Waals surface area contributed by atoms with E-state index in [1.807, 2.05) is 0 Å². The van der Waals surface area contributed by atoms with Gasteiger partial charge in [-0.3, -0.25) is 9.78 Å². The van der Waals surface area contributed by atoms with Gasteiger partial charge >= 0.3 is 12.1 Å². The van der Waals surface area contributed by atoms with Crippen molar-refractivity contribution in [3.05, 3.63) is 60.3 Å². The number of nitrogens with one attached hydrogen (secondary N) is 2. The number of aromatic nitrogens is 3. The lowest BCUT2D eigenvalue weighted by Gasteiger charge is -2.12. The first-order valence-corrected chi connectivity index (χ1v) is 8.02. The second-order valence-corrected chi connectivity index (χ2v) is 5.63. The smallest absolute Gasteiger partial charge is 0.416 e. The maximum atomic E-state index is 12.9. The highest BCUT2D eigenvalue weighted by molar-refractivity contribution is 5.72. The summed E-state index contributed by atoms with van der Waals surface area (Å²) in [6, 6.07) is 11.3. The molecule has 0 saturated carbocycles. The second kappa shape index (κ2) is 7.91. The van der Waals surface area contributed by atoms with Gasteiger partial charge in [-0.2, -0.15) is 18.2 Å². The lowest BCUT2D eigenvalue weighted by atomic mass is 10.2. The van der Waals surface area contributed by atoms with Crippen molar-refractivity contribution in [2.75, 3.05) is 17.2 Å². The molecule has 7 nitrogen and oxygen atoms in total. The number of carbonyl (C=O) groups is 1. The molecule has 0 aliphatic heterocycles. The molecule has 0 aliphatic carbocycles. The number of pyridine rings is 1. The van der Waals surface area contributed by atoms with E-state index in [2.05, 4.69) is 25.6 Å². The number of alkyl halides is 3. The monoisotopic (exact) mass is 389 g/mol. The molecule has 0 aliphatic rings. The number of halogens is 3. The largest absolute Gasteiger partial charge is 0.480 e. The van der Waals surface area contributed by atoms with Crippen molar-refractivity contribution in [3.63, 3.8) is 0 Å². The normalized spacial score (nSPS) is 11.1. The van der Waals surface area contributed by atoms with Crippen molar-refractivity contribution in [1.29, 1.82) is 0 Å². The quantitative estimate of drug-likeness (QED) is 0.590. The summed E-state index contributed by atoms with van der Waals surface area (Å²) in [4.78, 5) is 23.3. The van der Waals surface area contributed by atoms with Gasteiger partial charge in [0.1, 0.15) is 12.4 Å². The fraction of sp³-hybridized carbons (Fsp3) is 0.111. The SMILES string of the molecule is O=C(O)CNc1nc(Nc2cccc(C(F)(F)F)c2)cc(-c2ccccn2)n1. The summed E-state index contributed by atoms with van der Waals surface area (Å²) in [7, 11) is 0. The van der Waals surface area contributed by atoms with Crippen LogP contribution in [0.25, 0.3) is 11.4 Å². The van der Waals surface area contributed by atoms with Gasteiger partial charge in [0.15, 0.2) is 0 Å². The zero-order valence-corrected chi connectivity index (χ0v) is 14.2. The molecule has 0 radical (unpaired) electrons. The number of rotatable bonds is 6. The number of hydrogen-bond donors (Lipinski definition) is 3. The number of benzene rings is 1. The maximum Gasteiger partial charge on any atom is 0.416 e. The Hall–Kier alpha value is -3.69. The Bertz CT molecular complexity index is 980. The van der Waals surface area contributed by atoms with Gasteiger partial charge in [-0.05, 0) is 30.3 Å². The van der Waals surface area contributed by atoms with Crippen LogP contribution in [0.4, 0.5) is 30.6 Å². The predicted octanol–water partition coefficient (Wildman–Crippen LogP) is 3.80. The van der Waals surface area contributed by atoms with Gasteiger partial charge in [0.25, 0.3) is 0 Å². The van der Waals surface area contributed by atoms with Gasteiger partial charge in [0.05, 0.1) is 17.0 Å². The minimum absolute atomic E-state index is 0.0000269. The van der Waals surface area contributed by atoms with Crippen LogP contribution in [-0.2, 0) is 11.0 Å². The molecular weight excluding hydrogens is 375 g/mol. The Kier molecular flexibility index (Phi) is 5.39. The molecule has 0 atom stereocenters. The van der Waals surface area contributed by atoms with Gasteiger partial charge in [-0.15, -0.1) is 0 Å². The second-order valence-electron chi connectivity index (χ2n) is 5.63. The van der Waals surface area contributed by atoms with Crippen LogP contribution in [-0.4, -0.2) is 32.6 Å². The van der Waals surface area contributed by atoms with Crippen LogP contribution in [0.2, 0.25) is 0 Å². The Morgan fingerprint density at radius 1 is 1.04 bits per heavy atom. The maximum absolute atomic E-state index is 12.9. The minimum Gasteiger partial charge on any atom is -0.480 e. The fourth-order valence-electron chi connectivity index (χ4n) is 2.31. The van der Waals surface area contributed by atoms with Crippen molar-refractivity contribution in [2.24, 2.45) is 0 Å². The van der Waals surface area contributed by atoms with Crippen LogP contribution in [0, 0.1) is 0 Å². The molecule has 0 bridgehead atoms. The molecule has 10 heteroatoms. The molecule has 28 heavy (non-hydrogen) atoms. The number of aliphatic carboxylic acids is 1. The van der Waals surface area contributed by atoms with E-state index in [1.165, 1.54) is 18.2 Å². The van der Waals surface area contributed by atoms with Crippen LogP contribution >= 0.6 is 0 Å². The van der Waals surface area contributed by atoms with Gasteiger partial charge in [0.2, 0.25) is 5.95 Å². The summed E-state index contributed by atoms with van der Waals surface area (Å²) in [6.07, 6.45) is -2.92. The first-order valence-electron chi connectivity index (χ1n) is 8.02. The standard InChI is InChI=1S/C18H14F3N5O2/c19-18(20,21)11-4-3-5-12(8-11)24-15-9-14(13-6-1-2-7-22-13)25-17(26-15)23-10-16(27)28/h1-9H,10H2,(H,27,28)(H2,23,24,25,26). The van der Waals surface area contributed by atoms with Crippen molar-refractivity contribution in [2.45, 2.75) is 6.18 Å². The third kappa shape index (κ3) is 4.93. The molecule has 2 heterocycles. The highest BCUT2D eigenvalue weighted by Crippen LogP contribution is 2.31. The highest BCUT2D eigenvalue weighted by atomic mass is 19.4. The van der Waals surface area contributed by atoms with E-state index < -0.39 is 24.3 Å². The third-order valence-corrected chi connectivity index (χ3v) is 3.51. The third-order valence-electron chi connectivity index (χ3n) is 3.51. The molecule has 2 aromatic heterocycles. The summed E-state index contributed by atoms with van der Waals surface area (Å²) in [5.41, 5.74) is 0.235. The summed E-state index contributed by atoms with van der Waals surface area (Å²) in [6.45, 7) is -0.422. The Balaban J connectivity index is 1.95. The molecule has 0 unspecified atom stereocenters. The van der Waals surface area contributed by atoms with Crippen LogP contribution < -0.4 is 10.6 Å². The molecule has 0 fully saturated rings. The highest BCUT2D eigenvalue weighted by Gasteiger charge is 2.30. The summed E-state index contributed by atoms with van der Waals surface area (Å²) in [5.74, 6) is -0.929. The number of nitrogens with zero attached hydrogens (tertiary/aromatic N) is 3. The molecule has 0 saturated heterocycles.